The van der Waals surface area contributed by atoms with Crippen LogP contribution >= 0.6 is 12.4 Å². The molecule has 5 heteroatoms. The third-order valence-corrected chi connectivity index (χ3v) is 3.28. The molecule has 1 amide bonds. The number of unbranched alkanes of at least 4 members (excludes halogenated alkanes) is 1. The van der Waals surface area contributed by atoms with Crippen molar-refractivity contribution in [2.75, 3.05) is 38.8 Å². The molecule has 0 saturated carbocycles. The van der Waals surface area contributed by atoms with Gasteiger partial charge in [-0.15, -0.1) is 12.4 Å². The van der Waals surface area contributed by atoms with E-state index in [1.54, 1.807) is 19.1 Å². The first kappa shape index (κ1) is 19.9. The van der Waals surface area contributed by atoms with Crippen molar-refractivity contribution in [1.29, 1.82) is 0 Å². The molecule has 0 unspecified atom stereocenters. The lowest BCUT2D eigenvalue weighted by molar-refractivity contribution is -0.117. The Morgan fingerprint density at radius 3 is 2.52 bits per heavy atom. The Bertz CT molecular complexity index is 396. The first-order chi connectivity index (χ1) is 9.69. The molecule has 0 radical (unpaired) electrons. The molecule has 0 aliphatic heterocycles. The van der Waals surface area contributed by atoms with Crippen LogP contribution in [0.2, 0.25) is 0 Å². The molecule has 0 fully saturated rings. The summed E-state index contributed by atoms with van der Waals surface area (Å²) in [4.78, 5) is 13.7. The fraction of sp³-hybridized carbons (Fsp3) is 0.562. The number of anilines is 1. The van der Waals surface area contributed by atoms with Crippen molar-refractivity contribution in [3.63, 3.8) is 0 Å². The van der Waals surface area contributed by atoms with Crippen LogP contribution in [0.15, 0.2) is 24.3 Å². The van der Waals surface area contributed by atoms with E-state index in [1.807, 2.05) is 12.1 Å². The van der Waals surface area contributed by atoms with Crippen LogP contribution in [-0.2, 0) is 16.0 Å². The van der Waals surface area contributed by atoms with Crippen molar-refractivity contribution in [2.45, 2.75) is 26.2 Å². The van der Waals surface area contributed by atoms with Crippen LogP contribution in [0.5, 0.6) is 0 Å². The first-order valence-corrected chi connectivity index (χ1v) is 7.24. The molecule has 0 bridgehead atoms. The zero-order valence-electron chi connectivity index (χ0n) is 13.2. The number of nitrogens with zero attached hydrogens (tertiary/aromatic N) is 1. The van der Waals surface area contributed by atoms with Crippen molar-refractivity contribution in [3.8, 4) is 0 Å². The van der Waals surface area contributed by atoms with Gasteiger partial charge in [-0.1, -0.05) is 25.5 Å². The molecule has 0 aliphatic carbocycles. The minimum absolute atomic E-state index is 0. The highest BCUT2D eigenvalue weighted by Crippen LogP contribution is 2.15. The largest absolute Gasteiger partial charge is 0.383 e. The molecule has 0 spiro atoms. The average Bonchev–Trinajstić information content (AvgIpc) is 2.49. The summed E-state index contributed by atoms with van der Waals surface area (Å²) >= 11 is 0. The highest BCUT2D eigenvalue weighted by molar-refractivity contribution is 5.94. The van der Waals surface area contributed by atoms with E-state index < -0.39 is 0 Å². The second-order valence-electron chi connectivity index (χ2n) is 4.89. The van der Waals surface area contributed by atoms with E-state index in [-0.39, 0.29) is 18.3 Å². The van der Waals surface area contributed by atoms with E-state index >= 15 is 0 Å². The minimum atomic E-state index is 0. The lowest BCUT2D eigenvalue weighted by Gasteiger charge is -2.18. The number of carbonyl (C=O) groups is 1. The fourth-order valence-corrected chi connectivity index (χ4v) is 1.90. The first-order valence-electron chi connectivity index (χ1n) is 7.24. The van der Waals surface area contributed by atoms with Gasteiger partial charge in [0, 0.05) is 26.4 Å². The quantitative estimate of drug-likeness (QED) is 0.713. The second-order valence-corrected chi connectivity index (χ2v) is 4.89. The Morgan fingerprint density at radius 2 is 1.95 bits per heavy atom. The lowest BCUT2D eigenvalue weighted by Crippen LogP contribution is -2.36. The number of nitrogens with one attached hydrogen (secondary N) is 1. The minimum Gasteiger partial charge on any atom is -0.383 e. The predicted molar refractivity (Wildman–Crippen MR) is 90.5 cm³/mol. The van der Waals surface area contributed by atoms with Crippen LogP contribution in [0.4, 0.5) is 5.69 Å². The van der Waals surface area contributed by atoms with E-state index in [1.165, 1.54) is 18.4 Å². The summed E-state index contributed by atoms with van der Waals surface area (Å²) in [5.41, 5.74) is 2.26. The number of amides is 1. The third-order valence-electron chi connectivity index (χ3n) is 3.28. The van der Waals surface area contributed by atoms with Crippen LogP contribution in [-0.4, -0.2) is 39.8 Å². The summed E-state index contributed by atoms with van der Waals surface area (Å²) in [5, 5.41) is 3.06. The van der Waals surface area contributed by atoms with Gasteiger partial charge in [-0.05, 0) is 30.5 Å². The number of ether oxygens (including phenoxy) is 1. The van der Waals surface area contributed by atoms with E-state index in [0.29, 0.717) is 19.7 Å². The Labute approximate surface area is 134 Å². The van der Waals surface area contributed by atoms with E-state index in [4.69, 9.17) is 4.74 Å². The van der Waals surface area contributed by atoms with Crippen LogP contribution in [0.3, 0.4) is 0 Å². The van der Waals surface area contributed by atoms with Gasteiger partial charge in [0.15, 0.2) is 0 Å². The summed E-state index contributed by atoms with van der Waals surface area (Å²) < 4.78 is 4.93. The number of methoxy groups -OCH3 is 1. The van der Waals surface area contributed by atoms with Crippen molar-refractivity contribution in [3.05, 3.63) is 29.8 Å². The lowest BCUT2D eigenvalue weighted by atomic mass is 10.1. The molecule has 0 aromatic heterocycles. The molecule has 1 rings (SSSR count). The van der Waals surface area contributed by atoms with E-state index in [2.05, 4.69) is 24.4 Å². The summed E-state index contributed by atoms with van der Waals surface area (Å²) in [7, 11) is 3.46. The number of carbonyl (C=O) groups excluding carboxylic acids is 1. The number of likely N-dealkylation sites (N-methyl/N-ethyl adjacent to an activating group) is 1. The molecule has 1 aromatic carbocycles. The SMILES string of the molecule is CCCCc1ccc(N(C)C(=O)CNCCOC)cc1.Cl. The standard InChI is InChI=1S/C16H26N2O2.ClH/c1-4-5-6-14-7-9-15(10-8-14)18(2)16(19)13-17-11-12-20-3;/h7-10,17H,4-6,11-13H2,1-3H3;1H. The molecule has 21 heavy (non-hydrogen) atoms. The molecule has 0 aliphatic rings. The van der Waals surface area contributed by atoms with Gasteiger partial charge in [0.1, 0.15) is 0 Å². The zero-order chi connectivity index (χ0) is 14.8. The summed E-state index contributed by atoms with van der Waals surface area (Å²) in [6.45, 7) is 3.82. The van der Waals surface area contributed by atoms with E-state index in [9.17, 15) is 4.79 Å². The van der Waals surface area contributed by atoms with Gasteiger partial charge in [-0.2, -0.15) is 0 Å². The Balaban J connectivity index is 0.00000400. The van der Waals surface area contributed by atoms with Gasteiger partial charge >= 0.3 is 0 Å². The molecular weight excluding hydrogens is 288 g/mol. The summed E-state index contributed by atoms with van der Waals surface area (Å²) in [5.74, 6) is 0.0578. The number of rotatable bonds is 9. The van der Waals surface area contributed by atoms with Gasteiger partial charge in [-0.25, -0.2) is 0 Å². The van der Waals surface area contributed by atoms with E-state index in [0.717, 1.165) is 12.1 Å². The molecule has 1 aromatic rings. The maximum Gasteiger partial charge on any atom is 0.240 e. The second kappa shape index (κ2) is 11.5. The van der Waals surface area contributed by atoms with Gasteiger partial charge in [-0.3, -0.25) is 4.79 Å². The highest BCUT2D eigenvalue weighted by atomic mass is 35.5. The van der Waals surface area contributed by atoms with Gasteiger partial charge in [0.2, 0.25) is 5.91 Å². The smallest absolute Gasteiger partial charge is 0.240 e. The monoisotopic (exact) mass is 314 g/mol. The summed E-state index contributed by atoms with van der Waals surface area (Å²) in [6, 6.07) is 8.23. The van der Waals surface area contributed by atoms with Gasteiger partial charge in [0.25, 0.3) is 0 Å². The van der Waals surface area contributed by atoms with Crippen LogP contribution < -0.4 is 10.2 Å². The summed E-state index contributed by atoms with van der Waals surface area (Å²) in [6.07, 6.45) is 3.51. The molecule has 0 heterocycles. The van der Waals surface area contributed by atoms with Crippen molar-refractivity contribution >= 4 is 24.0 Å². The van der Waals surface area contributed by atoms with Crippen LogP contribution in [0, 0.1) is 0 Å². The fourth-order valence-electron chi connectivity index (χ4n) is 1.90. The molecular formula is C16H27ClN2O2. The van der Waals surface area contributed by atoms with Crippen molar-refractivity contribution < 1.29 is 9.53 Å². The maximum atomic E-state index is 12.0. The number of hydrogen-bond donors (Lipinski definition) is 1. The Kier molecular flexibility index (Phi) is 10.9. The maximum absolute atomic E-state index is 12.0. The molecule has 1 N–H and O–H groups in total. The molecule has 4 nitrogen and oxygen atoms in total. The predicted octanol–water partition coefficient (Wildman–Crippen LogP) is 2.65. The van der Waals surface area contributed by atoms with Gasteiger partial charge in [0.05, 0.1) is 13.2 Å². The van der Waals surface area contributed by atoms with Crippen molar-refractivity contribution in [1.82, 2.24) is 5.32 Å². The topological polar surface area (TPSA) is 41.6 Å². The Morgan fingerprint density at radius 1 is 1.29 bits per heavy atom. The number of benzene rings is 1. The van der Waals surface area contributed by atoms with Crippen molar-refractivity contribution in [2.24, 2.45) is 0 Å². The molecule has 0 atom stereocenters. The number of hydrogen-bond acceptors (Lipinski definition) is 3. The number of halogens is 1. The van der Waals surface area contributed by atoms with Gasteiger partial charge < -0.3 is 15.0 Å². The normalized spacial score (nSPS) is 10.0. The molecule has 120 valence electrons. The highest BCUT2D eigenvalue weighted by Gasteiger charge is 2.09. The van der Waals surface area contributed by atoms with Crippen LogP contribution in [0.1, 0.15) is 25.3 Å². The Hall–Kier alpha value is -1.10. The average molecular weight is 315 g/mol. The zero-order valence-corrected chi connectivity index (χ0v) is 14.0. The number of aryl methyl sites for hydroxylation is 1. The van der Waals surface area contributed by atoms with Crippen LogP contribution in [0.25, 0.3) is 0 Å². The molecule has 0 saturated heterocycles. The third kappa shape index (κ3) is 7.46.